The van der Waals surface area contributed by atoms with E-state index in [1.54, 1.807) is 13.0 Å². The van der Waals surface area contributed by atoms with Gasteiger partial charge in [-0.25, -0.2) is 4.79 Å². The quantitative estimate of drug-likeness (QED) is 0.629. The van der Waals surface area contributed by atoms with Crippen LogP contribution in [0.4, 0.5) is 5.69 Å². The van der Waals surface area contributed by atoms with Crippen molar-refractivity contribution < 1.29 is 23.9 Å². The Hall–Kier alpha value is -3.19. The number of fused-ring (bicyclic) bond motifs is 1. The maximum absolute atomic E-state index is 12.2. The Labute approximate surface area is 166 Å². The van der Waals surface area contributed by atoms with E-state index < -0.39 is 30.3 Å². The Bertz CT molecular complexity index is 1010. The number of carbonyl (C=O) groups excluding carboxylic acids is 4. The molecule has 2 aromatic rings. The van der Waals surface area contributed by atoms with Crippen LogP contribution in [0.2, 0.25) is 5.02 Å². The lowest BCUT2D eigenvalue weighted by Gasteiger charge is -2.12. The van der Waals surface area contributed by atoms with E-state index >= 15 is 0 Å². The second-order valence-corrected chi connectivity index (χ2v) is 6.90. The topological polar surface area (TPSA) is 92.8 Å². The summed E-state index contributed by atoms with van der Waals surface area (Å²) >= 11 is 6.14. The fraction of sp³-hybridized carbons (Fsp3) is 0.200. The molecule has 144 valence electrons. The molecule has 0 fully saturated rings. The predicted octanol–water partition coefficient (Wildman–Crippen LogP) is 2.98. The molecule has 28 heavy (non-hydrogen) atoms. The summed E-state index contributed by atoms with van der Waals surface area (Å²) < 4.78 is 5.01. The van der Waals surface area contributed by atoms with Gasteiger partial charge >= 0.3 is 5.97 Å². The molecule has 0 spiro atoms. The van der Waals surface area contributed by atoms with Gasteiger partial charge in [0.1, 0.15) is 0 Å². The number of imide groups is 1. The molecule has 0 atom stereocenters. The standard InChI is InChI=1S/C20H17ClN2O5/c1-10-6-11(2)17(15(21)7-10)22-16(24)9-28-20(27)12-4-5-13-14(8-12)19(26)23(3)18(13)25/h4-8H,9H2,1-3H3,(H,22,24). The molecule has 0 saturated heterocycles. The van der Waals surface area contributed by atoms with Crippen LogP contribution in [0.3, 0.4) is 0 Å². The minimum Gasteiger partial charge on any atom is -0.452 e. The van der Waals surface area contributed by atoms with E-state index in [1.165, 1.54) is 25.2 Å². The zero-order valence-corrected chi connectivity index (χ0v) is 16.2. The van der Waals surface area contributed by atoms with Gasteiger partial charge < -0.3 is 10.1 Å². The molecule has 1 N–H and O–H groups in total. The number of esters is 1. The Morgan fingerprint density at radius 2 is 1.75 bits per heavy atom. The van der Waals surface area contributed by atoms with Crippen molar-refractivity contribution in [2.75, 3.05) is 19.0 Å². The number of benzene rings is 2. The highest BCUT2D eigenvalue weighted by atomic mass is 35.5. The number of amides is 3. The predicted molar refractivity (Wildman–Crippen MR) is 103 cm³/mol. The average Bonchev–Trinajstić information content (AvgIpc) is 2.86. The highest BCUT2D eigenvalue weighted by Crippen LogP contribution is 2.27. The van der Waals surface area contributed by atoms with E-state index in [-0.39, 0.29) is 16.7 Å². The first-order valence-electron chi connectivity index (χ1n) is 8.39. The Balaban J connectivity index is 1.66. The maximum atomic E-state index is 12.2. The second-order valence-electron chi connectivity index (χ2n) is 6.49. The number of ether oxygens (including phenoxy) is 1. The first-order chi connectivity index (χ1) is 13.2. The number of aryl methyl sites for hydroxylation is 2. The van der Waals surface area contributed by atoms with E-state index in [0.717, 1.165) is 16.0 Å². The minimum absolute atomic E-state index is 0.0764. The summed E-state index contributed by atoms with van der Waals surface area (Å²) in [6.45, 7) is 3.17. The third-order valence-corrected chi connectivity index (χ3v) is 4.65. The lowest BCUT2D eigenvalue weighted by atomic mass is 10.1. The van der Waals surface area contributed by atoms with Crippen LogP contribution < -0.4 is 5.32 Å². The Kier molecular flexibility index (Phi) is 5.20. The van der Waals surface area contributed by atoms with Gasteiger partial charge in [0.15, 0.2) is 6.61 Å². The van der Waals surface area contributed by atoms with Gasteiger partial charge in [-0.2, -0.15) is 0 Å². The molecule has 1 aliphatic rings. The summed E-state index contributed by atoms with van der Waals surface area (Å²) in [5.74, 6) is -2.24. The molecule has 1 aliphatic heterocycles. The van der Waals surface area contributed by atoms with E-state index in [9.17, 15) is 19.2 Å². The van der Waals surface area contributed by atoms with Gasteiger partial charge in [0, 0.05) is 7.05 Å². The number of anilines is 1. The first-order valence-corrected chi connectivity index (χ1v) is 8.77. The number of rotatable bonds is 4. The van der Waals surface area contributed by atoms with E-state index in [0.29, 0.717) is 10.7 Å². The zero-order chi connectivity index (χ0) is 20.6. The van der Waals surface area contributed by atoms with Crippen LogP contribution in [0, 0.1) is 13.8 Å². The molecular formula is C20H17ClN2O5. The molecule has 0 unspecified atom stereocenters. The molecule has 0 bridgehead atoms. The van der Waals surface area contributed by atoms with Crippen molar-refractivity contribution in [2.24, 2.45) is 0 Å². The smallest absolute Gasteiger partial charge is 0.338 e. The third-order valence-electron chi connectivity index (χ3n) is 4.36. The van der Waals surface area contributed by atoms with E-state index in [2.05, 4.69) is 5.32 Å². The van der Waals surface area contributed by atoms with Crippen molar-refractivity contribution in [1.29, 1.82) is 0 Å². The average molecular weight is 401 g/mol. The van der Waals surface area contributed by atoms with E-state index in [1.807, 2.05) is 13.0 Å². The molecule has 3 amide bonds. The molecule has 0 radical (unpaired) electrons. The molecule has 2 aromatic carbocycles. The zero-order valence-electron chi connectivity index (χ0n) is 15.5. The van der Waals surface area contributed by atoms with Crippen molar-refractivity contribution >= 4 is 41.0 Å². The number of carbonyl (C=O) groups is 4. The largest absolute Gasteiger partial charge is 0.452 e. The summed E-state index contributed by atoms with van der Waals surface area (Å²) in [5.41, 5.74) is 2.64. The number of nitrogens with one attached hydrogen (secondary N) is 1. The van der Waals surface area contributed by atoms with Crippen LogP contribution in [0.5, 0.6) is 0 Å². The monoisotopic (exact) mass is 400 g/mol. The van der Waals surface area contributed by atoms with Gasteiger partial charge in [-0.05, 0) is 49.2 Å². The molecule has 3 rings (SSSR count). The molecular weight excluding hydrogens is 384 g/mol. The van der Waals surface area contributed by atoms with Gasteiger partial charge in [0.05, 0.1) is 27.4 Å². The summed E-state index contributed by atoms with van der Waals surface area (Å²) in [4.78, 5) is 49.2. The molecule has 0 aromatic heterocycles. The van der Waals surface area contributed by atoms with Crippen molar-refractivity contribution in [1.82, 2.24) is 4.90 Å². The normalized spacial score (nSPS) is 12.8. The molecule has 0 aliphatic carbocycles. The lowest BCUT2D eigenvalue weighted by molar-refractivity contribution is -0.119. The summed E-state index contributed by atoms with van der Waals surface area (Å²) in [6, 6.07) is 7.65. The SMILES string of the molecule is Cc1cc(C)c(NC(=O)COC(=O)c2ccc3c(c2)C(=O)N(C)C3=O)c(Cl)c1. The summed E-state index contributed by atoms with van der Waals surface area (Å²) in [5, 5.41) is 3.01. The van der Waals surface area contributed by atoms with Crippen LogP contribution in [-0.2, 0) is 9.53 Å². The molecule has 1 heterocycles. The third kappa shape index (κ3) is 3.61. The van der Waals surface area contributed by atoms with Crippen LogP contribution in [-0.4, -0.2) is 42.2 Å². The van der Waals surface area contributed by atoms with Gasteiger partial charge in [0.25, 0.3) is 17.7 Å². The van der Waals surface area contributed by atoms with Crippen LogP contribution in [0.15, 0.2) is 30.3 Å². The number of hydrogen-bond donors (Lipinski definition) is 1. The van der Waals surface area contributed by atoms with E-state index in [4.69, 9.17) is 16.3 Å². The van der Waals surface area contributed by atoms with Crippen molar-refractivity contribution in [3.05, 3.63) is 63.2 Å². The Morgan fingerprint density at radius 1 is 1.07 bits per heavy atom. The highest BCUT2D eigenvalue weighted by molar-refractivity contribution is 6.34. The van der Waals surface area contributed by atoms with Crippen molar-refractivity contribution in [2.45, 2.75) is 13.8 Å². The van der Waals surface area contributed by atoms with Crippen LogP contribution in [0.1, 0.15) is 42.2 Å². The van der Waals surface area contributed by atoms with Gasteiger partial charge in [-0.1, -0.05) is 17.7 Å². The van der Waals surface area contributed by atoms with Gasteiger partial charge in [0.2, 0.25) is 0 Å². The molecule has 8 heteroatoms. The molecule has 0 saturated carbocycles. The van der Waals surface area contributed by atoms with Crippen LogP contribution in [0.25, 0.3) is 0 Å². The maximum Gasteiger partial charge on any atom is 0.338 e. The summed E-state index contributed by atoms with van der Waals surface area (Å²) in [6.07, 6.45) is 0. The summed E-state index contributed by atoms with van der Waals surface area (Å²) in [7, 11) is 1.37. The van der Waals surface area contributed by atoms with Gasteiger partial charge in [-0.15, -0.1) is 0 Å². The highest BCUT2D eigenvalue weighted by Gasteiger charge is 2.33. The first kappa shape index (κ1) is 19.6. The second kappa shape index (κ2) is 7.44. The minimum atomic E-state index is -0.778. The lowest BCUT2D eigenvalue weighted by Crippen LogP contribution is -2.24. The van der Waals surface area contributed by atoms with Crippen LogP contribution >= 0.6 is 11.6 Å². The van der Waals surface area contributed by atoms with Crippen molar-refractivity contribution in [3.8, 4) is 0 Å². The van der Waals surface area contributed by atoms with Crippen molar-refractivity contribution in [3.63, 3.8) is 0 Å². The fourth-order valence-corrected chi connectivity index (χ4v) is 3.32. The van der Waals surface area contributed by atoms with Gasteiger partial charge in [-0.3, -0.25) is 19.3 Å². The number of nitrogens with zero attached hydrogens (tertiary/aromatic N) is 1. The number of hydrogen-bond acceptors (Lipinski definition) is 5. The Morgan fingerprint density at radius 3 is 2.43 bits per heavy atom. The molecule has 7 nitrogen and oxygen atoms in total. The number of halogens is 1. The fourth-order valence-electron chi connectivity index (χ4n) is 2.95.